The van der Waals surface area contributed by atoms with Crippen molar-refractivity contribution in [2.45, 2.75) is 13.1 Å². The van der Waals surface area contributed by atoms with Gasteiger partial charge in [0.25, 0.3) is 0 Å². The van der Waals surface area contributed by atoms with Crippen molar-refractivity contribution in [1.29, 1.82) is 0 Å². The van der Waals surface area contributed by atoms with Crippen molar-refractivity contribution in [2.75, 3.05) is 7.05 Å². The zero-order valence-electron chi connectivity index (χ0n) is 16.8. The minimum Gasteiger partial charge on any atom is -0.331 e. The molecule has 15 heteroatoms. The van der Waals surface area contributed by atoms with Crippen molar-refractivity contribution in [3.8, 4) is 11.4 Å². The Kier molecular flexibility index (Phi) is 6.42. The van der Waals surface area contributed by atoms with E-state index in [1.165, 1.54) is 45.6 Å². The largest absolute Gasteiger partial charge is 0.331 e. The fraction of sp³-hybridized carbons (Fsp3) is 0.167. The average molecular weight is 495 g/mol. The molecule has 33 heavy (non-hydrogen) atoms. The van der Waals surface area contributed by atoms with Gasteiger partial charge in [0.2, 0.25) is 0 Å². The summed E-state index contributed by atoms with van der Waals surface area (Å²) in [6.45, 7) is -0.0375. The predicted molar refractivity (Wildman–Crippen MR) is 112 cm³/mol. The van der Waals surface area contributed by atoms with Crippen molar-refractivity contribution in [1.82, 2.24) is 50.6 Å². The van der Waals surface area contributed by atoms with Crippen LogP contribution in [-0.2, 0) is 13.1 Å². The fourth-order valence-electron chi connectivity index (χ4n) is 2.83. The van der Waals surface area contributed by atoms with Crippen molar-refractivity contribution in [3.05, 3.63) is 69.7 Å². The number of hydrogen-bond donors (Lipinski definition) is 1. The number of tetrazole rings is 2. The van der Waals surface area contributed by atoms with Gasteiger partial charge in [0.15, 0.2) is 11.6 Å². The third-order valence-electron chi connectivity index (χ3n) is 4.49. The van der Waals surface area contributed by atoms with Gasteiger partial charge in [0.05, 0.1) is 34.5 Å². The van der Waals surface area contributed by atoms with Gasteiger partial charge in [0.1, 0.15) is 11.6 Å². The summed E-state index contributed by atoms with van der Waals surface area (Å²) in [7, 11) is 1.52. The lowest BCUT2D eigenvalue weighted by atomic mass is 10.3. The molecule has 0 aliphatic heterocycles. The van der Waals surface area contributed by atoms with Crippen LogP contribution in [0.2, 0.25) is 10.0 Å². The van der Waals surface area contributed by atoms with E-state index in [1.807, 2.05) is 0 Å². The van der Waals surface area contributed by atoms with Gasteiger partial charge in [-0.05, 0) is 45.1 Å². The number of nitrogens with one attached hydrogen (secondary N) is 1. The van der Waals surface area contributed by atoms with Crippen molar-refractivity contribution >= 4 is 29.2 Å². The van der Waals surface area contributed by atoms with E-state index < -0.39 is 17.7 Å². The Labute approximate surface area is 194 Å². The Morgan fingerprint density at radius 2 is 1.45 bits per heavy atom. The minimum absolute atomic E-state index is 0.0103. The lowest BCUT2D eigenvalue weighted by Crippen LogP contribution is -2.37. The lowest BCUT2D eigenvalue weighted by Gasteiger charge is -2.17. The first-order chi connectivity index (χ1) is 15.8. The van der Waals surface area contributed by atoms with Gasteiger partial charge in [-0.15, -0.1) is 10.2 Å². The van der Waals surface area contributed by atoms with Gasteiger partial charge in [-0.1, -0.05) is 23.2 Å². The van der Waals surface area contributed by atoms with Gasteiger partial charge in [0, 0.05) is 19.2 Å². The first-order valence-corrected chi connectivity index (χ1v) is 10.0. The maximum Gasteiger partial charge on any atom is 0.317 e. The van der Waals surface area contributed by atoms with E-state index in [1.54, 1.807) is 12.1 Å². The van der Waals surface area contributed by atoms with E-state index >= 15 is 0 Å². The highest BCUT2D eigenvalue weighted by atomic mass is 35.5. The summed E-state index contributed by atoms with van der Waals surface area (Å²) in [6.07, 6.45) is 0. The second kappa shape index (κ2) is 9.42. The Morgan fingerprint density at radius 1 is 0.939 bits per heavy atom. The highest BCUT2D eigenvalue weighted by molar-refractivity contribution is 6.31. The molecule has 0 fully saturated rings. The Bertz CT molecular complexity index is 1310. The third-order valence-corrected chi connectivity index (χ3v) is 5.10. The number of hydrogen-bond acceptors (Lipinski definition) is 7. The molecule has 2 aromatic heterocycles. The first kappa shape index (κ1) is 22.5. The van der Waals surface area contributed by atoms with Crippen molar-refractivity contribution in [2.24, 2.45) is 0 Å². The van der Waals surface area contributed by atoms with Gasteiger partial charge in [-0.3, -0.25) is 0 Å². The van der Waals surface area contributed by atoms with Crippen LogP contribution in [0.15, 0.2) is 36.4 Å². The average Bonchev–Trinajstić information content (AvgIpc) is 3.45. The summed E-state index contributed by atoms with van der Waals surface area (Å²) < 4.78 is 30.1. The molecule has 0 radical (unpaired) electrons. The number of urea groups is 1. The SMILES string of the molecule is CN(Cc1nnnn1-c1ccc(Cl)c(F)c1)C(=O)NCc1nnnn1-c1ccc(Cl)c(F)c1. The van der Waals surface area contributed by atoms with Crippen molar-refractivity contribution < 1.29 is 13.6 Å². The van der Waals surface area contributed by atoms with Gasteiger partial charge in [-0.2, -0.15) is 9.36 Å². The molecular weight excluding hydrogens is 481 g/mol. The highest BCUT2D eigenvalue weighted by Gasteiger charge is 2.17. The van der Waals surface area contributed by atoms with E-state index in [4.69, 9.17) is 23.2 Å². The number of amides is 2. The topological polar surface area (TPSA) is 120 Å². The van der Waals surface area contributed by atoms with Crippen LogP contribution < -0.4 is 5.32 Å². The van der Waals surface area contributed by atoms with Crippen LogP contribution in [0, 0.1) is 11.6 Å². The van der Waals surface area contributed by atoms with Crippen LogP contribution in [-0.4, -0.2) is 58.4 Å². The molecule has 0 saturated heterocycles. The van der Waals surface area contributed by atoms with Crippen LogP contribution in [0.1, 0.15) is 11.6 Å². The zero-order valence-corrected chi connectivity index (χ0v) is 18.3. The molecule has 11 nitrogen and oxygen atoms in total. The second-order valence-corrected chi connectivity index (χ2v) is 7.54. The maximum absolute atomic E-state index is 13.8. The maximum atomic E-state index is 13.8. The van der Waals surface area contributed by atoms with Gasteiger partial charge in [-0.25, -0.2) is 13.6 Å². The molecule has 4 rings (SSSR count). The van der Waals surface area contributed by atoms with Crippen LogP contribution in [0.4, 0.5) is 13.6 Å². The van der Waals surface area contributed by atoms with Crippen LogP contribution >= 0.6 is 23.2 Å². The highest BCUT2D eigenvalue weighted by Crippen LogP contribution is 2.19. The summed E-state index contributed by atoms with van der Waals surface area (Å²) in [5.74, 6) is -0.700. The first-order valence-electron chi connectivity index (χ1n) is 9.28. The normalized spacial score (nSPS) is 10.9. The number of aromatic nitrogens is 8. The van der Waals surface area contributed by atoms with Gasteiger partial charge < -0.3 is 10.2 Å². The molecule has 170 valence electrons. The van der Waals surface area contributed by atoms with Crippen molar-refractivity contribution in [3.63, 3.8) is 0 Å². The summed E-state index contributed by atoms with van der Waals surface area (Å²) in [5.41, 5.74) is 0.689. The standard InChI is InChI=1S/C18H14Cl2F2N10O/c1-30(9-17-25-27-29-32(17)11-3-5-13(20)15(22)7-11)18(33)23-8-16-24-26-28-31(16)10-2-4-12(19)14(21)6-10/h2-7H,8-9H2,1H3,(H,23,33). The molecule has 0 spiro atoms. The monoisotopic (exact) mass is 494 g/mol. The second-order valence-electron chi connectivity index (χ2n) is 6.73. The molecule has 0 bridgehead atoms. The van der Waals surface area contributed by atoms with E-state index in [9.17, 15) is 13.6 Å². The van der Waals surface area contributed by atoms with E-state index in [-0.39, 0.29) is 34.8 Å². The van der Waals surface area contributed by atoms with E-state index in [0.717, 1.165) is 0 Å². The molecule has 1 N–H and O–H groups in total. The number of nitrogens with zero attached hydrogens (tertiary/aromatic N) is 9. The molecule has 0 unspecified atom stereocenters. The van der Waals surface area contributed by atoms with E-state index in [2.05, 4.69) is 36.4 Å². The number of benzene rings is 2. The fourth-order valence-corrected chi connectivity index (χ4v) is 3.06. The van der Waals surface area contributed by atoms with Gasteiger partial charge >= 0.3 is 6.03 Å². The Morgan fingerprint density at radius 3 is 2.00 bits per heavy atom. The summed E-state index contributed by atoms with van der Waals surface area (Å²) in [4.78, 5) is 13.9. The predicted octanol–water partition coefficient (Wildman–Crippen LogP) is 2.56. The summed E-state index contributed by atoms with van der Waals surface area (Å²) in [6, 6.07) is 7.72. The van der Waals surface area contributed by atoms with Crippen LogP contribution in [0.5, 0.6) is 0 Å². The third kappa shape index (κ3) is 4.88. The molecule has 0 aliphatic rings. The molecular formula is C18H14Cl2F2N10O. The molecule has 4 aromatic rings. The van der Waals surface area contributed by atoms with Crippen LogP contribution in [0.25, 0.3) is 11.4 Å². The summed E-state index contributed by atoms with van der Waals surface area (Å²) in [5, 5.41) is 25.1. The lowest BCUT2D eigenvalue weighted by molar-refractivity contribution is 0.204. The number of halogens is 4. The number of carbonyl (C=O) groups excluding carboxylic acids is 1. The minimum atomic E-state index is -0.627. The molecule has 2 aromatic carbocycles. The molecule has 0 atom stereocenters. The number of carbonyl (C=O) groups is 1. The summed E-state index contributed by atoms with van der Waals surface area (Å²) >= 11 is 11.4. The zero-order chi connectivity index (χ0) is 23.5. The molecule has 0 saturated carbocycles. The molecule has 0 aliphatic carbocycles. The van der Waals surface area contributed by atoms with E-state index in [0.29, 0.717) is 11.4 Å². The molecule has 2 amide bonds. The molecule has 2 heterocycles. The quantitative estimate of drug-likeness (QED) is 0.437. The Balaban J connectivity index is 1.42. The smallest absolute Gasteiger partial charge is 0.317 e. The Hall–Kier alpha value is -3.71. The number of rotatable bonds is 6. The van der Waals surface area contributed by atoms with Crippen LogP contribution in [0.3, 0.4) is 0 Å².